The van der Waals surface area contributed by atoms with E-state index >= 15 is 0 Å². The van der Waals surface area contributed by atoms with Gasteiger partial charge in [-0.1, -0.05) is 17.7 Å². The number of benzene rings is 1. The fourth-order valence-electron chi connectivity index (χ4n) is 1.55. The first-order valence-corrected chi connectivity index (χ1v) is 5.41. The molecule has 0 spiro atoms. The highest BCUT2D eigenvalue weighted by molar-refractivity contribution is 5.94. The van der Waals surface area contributed by atoms with E-state index in [-0.39, 0.29) is 5.91 Å². The van der Waals surface area contributed by atoms with Crippen LogP contribution in [-0.2, 0) is 6.54 Å². The molecule has 0 aliphatic heterocycles. The van der Waals surface area contributed by atoms with Gasteiger partial charge in [-0.2, -0.15) is 0 Å². The Labute approximate surface area is 99.7 Å². The van der Waals surface area contributed by atoms with Gasteiger partial charge < -0.3 is 9.73 Å². The molecular formula is C13H14N2O2. The lowest BCUT2D eigenvalue weighted by Gasteiger charge is -2.03. The molecule has 17 heavy (non-hydrogen) atoms. The third-order valence-corrected chi connectivity index (χ3v) is 2.38. The van der Waals surface area contributed by atoms with Crippen LogP contribution in [0.1, 0.15) is 27.5 Å². The fourth-order valence-corrected chi connectivity index (χ4v) is 1.55. The van der Waals surface area contributed by atoms with Crippen LogP contribution in [0.25, 0.3) is 0 Å². The van der Waals surface area contributed by atoms with Crippen LogP contribution in [0, 0.1) is 13.8 Å². The van der Waals surface area contributed by atoms with Gasteiger partial charge in [0.15, 0.2) is 5.89 Å². The molecule has 2 rings (SSSR count). The van der Waals surface area contributed by atoms with Crippen molar-refractivity contribution < 1.29 is 9.21 Å². The summed E-state index contributed by atoms with van der Waals surface area (Å²) in [7, 11) is 0. The summed E-state index contributed by atoms with van der Waals surface area (Å²) in [5, 5.41) is 2.79. The standard InChI is InChI=1S/C13H14N2O2/c1-9-4-3-5-11(6-9)13(16)14-7-12-8-17-10(2)15-12/h3-6,8H,7H2,1-2H3,(H,14,16). The first-order valence-electron chi connectivity index (χ1n) is 5.41. The largest absolute Gasteiger partial charge is 0.449 e. The first-order chi connectivity index (χ1) is 8.15. The summed E-state index contributed by atoms with van der Waals surface area (Å²) in [5.74, 6) is 0.499. The first kappa shape index (κ1) is 11.4. The molecule has 0 radical (unpaired) electrons. The fraction of sp³-hybridized carbons (Fsp3) is 0.231. The number of aromatic nitrogens is 1. The van der Waals surface area contributed by atoms with Crippen molar-refractivity contribution in [1.29, 1.82) is 0 Å². The lowest BCUT2D eigenvalue weighted by Crippen LogP contribution is -2.22. The molecule has 1 aromatic carbocycles. The summed E-state index contributed by atoms with van der Waals surface area (Å²) >= 11 is 0. The highest BCUT2D eigenvalue weighted by Crippen LogP contribution is 2.05. The van der Waals surface area contributed by atoms with E-state index in [0.29, 0.717) is 18.0 Å². The third-order valence-electron chi connectivity index (χ3n) is 2.38. The van der Waals surface area contributed by atoms with Gasteiger partial charge in [0.05, 0.1) is 12.2 Å². The van der Waals surface area contributed by atoms with Crippen molar-refractivity contribution in [2.75, 3.05) is 0 Å². The Kier molecular flexibility index (Phi) is 3.23. The maximum atomic E-state index is 11.8. The zero-order valence-corrected chi connectivity index (χ0v) is 9.86. The number of nitrogens with one attached hydrogen (secondary N) is 1. The van der Waals surface area contributed by atoms with Crippen LogP contribution in [-0.4, -0.2) is 10.9 Å². The number of amides is 1. The Morgan fingerprint density at radius 2 is 2.24 bits per heavy atom. The van der Waals surface area contributed by atoms with E-state index in [1.54, 1.807) is 19.3 Å². The van der Waals surface area contributed by atoms with Gasteiger partial charge in [-0.25, -0.2) is 4.98 Å². The zero-order valence-electron chi connectivity index (χ0n) is 9.86. The second-order valence-electron chi connectivity index (χ2n) is 3.91. The minimum atomic E-state index is -0.102. The summed E-state index contributed by atoms with van der Waals surface area (Å²) in [6.45, 7) is 4.10. The van der Waals surface area contributed by atoms with Gasteiger partial charge in [-0.3, -0.25) is 4.79 Å². The van der Waals surface area contributed by atoms with Crippen molar-refractivity contribution in [3.63, 3.8) is 0 Å². The molecule has 0 aliphatic carbocycles. The molecule has 0 atom stereocenters. The lowest BCUT2D eigenvalue weighted by atomic mass is 10.1. The van der Waals surface area contributed by atoms with Crippen molar-refractivity contribution in [2.45, 2.75) is 20.4 Å². The van der Waals surface area contributed by atoms with E-state index in [4.69, 9.17) is 4.42 Å². The van der Waals surface area contributed by atoms with Crippen LogP contribution in [0.4, 0.5) is 0 Å². The number of aryl methyl sites for hydroxylation is 2. The van der Waals surface area contributed by atoms with Crippen LogP contribution in [0.15, 0.2) is 34.9 Å². The molecule has 0 unspecified atom stereocenters. The van der Waals surface area contributed by atoms with E-state index in [2.05, 4.69) is 10.3 Å². The summed E-state index contributed by atoms with van der Waals surface area (Å²) < 4.78 is 5.06. The van der Waals surface area contributed by atoms with Crippen LogP contribution in [0.3, 0.4) is 0 Å². The van der Waals surface area contributed by atoms with Crippen LogP contribution < -0.4 is 5.32 Å². The van der Waals surface area contributed by atoms with Gasteiger partial charge >= 0.3 is 0 Å². The predicted octanol–water partition coefficient (Wildman–Crippen LogP) is 2.22. The van der Waals surface area contributed by atoms with Gasteiger partial charge in [0.2, 0.25) is 0 Å². The molecule has 1 heterocycles. The van der Waals surface area contributed by atoms with Crippen LogP contribution >= 0.6 is 0 Å². The van der Waals surface area contributed by atoms with Crippen LogP contribution in [0.2, 0.25) is 0 Å². The second kappa shape index (κ2) is 4.82. The van der Waals surface area contributed by atoms with Gasteiger partial charge in [-0.15, -0.1) is 0 Å². The summed E-state index contributed by atoms with van der Waals surface area (Å²) in [5.41, 5.74) is 2.45. The molecule has 2 aromatic rings. The minimum absolute atomic E-state index is 0.102. The Balaban J connectivity index is 1.98. The maximum Gasteiger partial charge on any atom is 0.251 e. The number of hydrogen-bond donors (Lipinski definition) is 1. The molecule has 1 N–H and O–H groups in total. The molecule has 0 bridgehead atoms. The molecule has 4 heteroatoms. The highest BCUT2D eigenvalue weighted by atomic mass is 16.3. The lowest BCUT2D eigenvalue weighted by molar-refractivity contribution is 0.0950. The quantitative estimate of drug-likeness (QED) is 0.879. The molecule has 1 amide bonds. The Hall–Kier alpha value is -2.10. The third kappa shape index (κ3) is 2.93. The Morgan fingerprint density at radius 1 is 1.41 bits per heavy atom. The number of rotatable bonds is 3. The van der Waals surface area contributed by atoms with Crippen molar-refractivity contribution in [1.82, 2.24) is 10.3 Å². The predicted molar refractivity (Wildman–Crippen MR) is 63.6 cm³/mol. The van der Waals surface area contributed by atoms with E-state index in [9.17, 15) is 4.79 Å². The number of carbonyl (C=O) groups excluding carboxylic acids is 1. The van der Waals surface area contributed by atoms with E-state index in [1.807, 2.05) is 25.1 Å². The van der Waals surface area contributed by atoms with Crippen molar-refractivity contribution in [3.05, 3.63) is 53.2 Å². The number of carbonyl (C=O) groups is 1. The van der Waals surface area contributed by atoms with E-state index in [0.717, 1.165) is 11.3 Å². The second-order valence-corrected chi connectivity index (χ2v) is 3.91. The summed E-state index contributed by atoms with van der Waals surface area (Å²) in [6, 6.07) is 7.46. The monoisotopic (exact) mass is 230 g/mol. The van der Waals surface area contributed by atoms with E-state index in [1.165, 1.54) is 0 Å². The van der Waals surface area contributed by atoms with Crippen molar-refractivity contribution >= 4 is 5.91 Å². The SMILES string of the molecule is Cc1cccc(C(=O)NCc2coc(C)n2)c1. The molecule has 1 aromatic heterocycles. The highest BCUT2D eigenvalue weighted by Gasteiger charge is 2.06. The Morgan fingerprint density at radius 3 is 2.88 bits per heavy atom. The Bertz CT molecular complexity index is 532. The van der Waals surface area contributed by atoms with Gasteiger partial charge in [0.25, 0.3) is 5.91 Å². The van der Waals surface area contributed by atoms with Crippen molar-refractivity contribution in [2.24, 2.45) is 0 Å². The molecule has 4 nitrogen and oxygen atoms in total. The number of nitrogens with zero attached hydrogens (tertiary/aromatic N) is 1. The summed E-state index contributed by atoms with van der Waals surface area (Å²) in [6.07, 6.45) is 1.55. The van der Waals surface area contributed by atoms with E-state index < -0.39 is 0 Å². The molecule has 0 fully saturated rings. The van der Waals surface area contributed by atoms with Gasteiger partial charge in [0.1, 0.15) is 6.26 Å². The topological polar surface area (TPSA) is 55.1 Å². The number of hydrogen-bond acceptors (Lipinski definition) is 3. The normalized spacial score (nSPS) is 10.2. The average molecular weight is 230 g/mol. The molecule has 0 saturated heterocycles. The minimum Gasteiger partial charge on any atom is -0.449 e. The smallest absolute Gasteiger partial charge is 0.251 e. The van der Waals surface area contributed by atoms with Gasteiger partial charge in [0, 0.05) is 12.5 Å². The maximum absolute atomic E-state index is 11.8. The van der Waals surface area contributed by atoms with Gasteiger partial charge in [-0.05, 0) is 19.1 Å². The molecule has 0 saturated carbocycles. The summed E-state index contributed by atoms with van der Waals surface area (Å²) in [4.78, 5) is 15.9. The molecular weight excluding hydrogens is 216 g/mol. The van der Waals surface area contributed by atoms with Crippen molar-refractivity contribution in [3.8, 4) is 0 Å². The van der Waals surface area contributed by atoms with Crippen LogP contribution in [0.5, 0.6) is 0 Å². The molecule has 0 aliphatic rings. The average Bonchev–Trinajstić information content (AvgIpc) is 2.72. The molecule has 88 valence electrons. The zero-order chi connectivity index (χ0) is 12.3. The number of oxazole rings is 1.